The summed E-state index contributed by atoms with van der Waals surface area (Å²) >= 11 is 8.95. The van der Waals surface area contributed by atoms with Gasteiger partial charge in [0.25, 0.3) is 0 Å². The number of hydrogen-bond acceptors (Lipinski definition) is 3. The van der Waals surface area contributed by atoms with Gasteiger partial charge in [0.2, 0.25) is 0 Å². The van der Waals surface area contributed by atoms with E-state index in [0.29, 0.717) is 10.6 Å². The van der Waals surface area contributed by atoms with Crippen LogP contribution in [-0.2, 0) is 9.53 Å². The predicted octanol–water partition coefficient (Wildman–Crippen LogP) is 5.99. The van der Waals surface area contributed by atoms with Gasteiger partial charge in [-0.3, -0.25) is 4.79 Å². The Kier molecular flexibility index (Phi) is 9.10. The van der Waals surface area contributed by atoms with E-state index in [1.54, 1.807) is 11.8 Å². The Balaban J connectivity index is 2.31. The van der Waals surface area contributed by atoms with E-state index in [1.807, 2.05) is 6.07 Å². The Morgan fingerprint density at radius 3 is 2.77 bits per heavy atom. The van der Waals surface area contributed by atoms with E-state index in [2.05, 4.69) is 68.6 Å². The van der Waals surface area contributed by atoms with Gasteiger partial charge < -0.3 is 4.74 Å². The highest BCUT2D eigenvalue weighted by Gasteiger charge is 2.19. The summed E-state index contributed by atoms with van der Waals surface area (Å²) in [5.74, 6) is 1.28. The molecule has 0 bridgehead atoms. The fraction of sp³-hybridized carbons (Fsp3) is 0.588. The van der Waals surface area contributed by atoms with E-state index < -0.39 is 0 Å². The second-order valence-electron chi connectivity index (χ2n) is 6.15. The van der Waals surface area contributed by atoms with Gasteiger partial charge in [-0.25, -0.2) is 0 Å². The van der Waals surface area contributed by atoms with Crippen molar-refractivity contribution in [1.29, 1.82) is 0 Å². The lowest BCUT2D eigenvalue weighted by Gasteiger charge is -2.24. The molecule has 0 aliphatic heterocycles. The van der Waals surface area contributed by atoms with E-state index in [9.17, 15) is 4.79 Å². The van der Waals surface area contributed by atoms with E-state index >= 15 is 0 Å². The first-order chi connectivity index (χ1) is 10.3. The Morgan fingerprint density at radius 2 is 2.14 bits per heavy atom. The molecule has 0 aliphatic rings. The van der Waals surface area contributed by atoms with Crippen molar-refractivity contribution in [2.24, 2.45) is 5.41 Å². The number of halogens is 2. The van der Waals surface area contributed by atoms with Gasteiger partial charge in [0, 0.05) is 9.30 Å². The third-order valence-electron chi connectivity index (χ3n) is 3.46. The molecule has 1 aromatic rings. The summed E-state index contributed by atoms with van der Waals surface area (Å²) < 4.78 is 5.79. The topological polar surface area (TPSA) is 26.3 Å². The number of carbonyl (C=O) groups is 1. The van der Waals surface area contributed by atoms with Crippen LogP contribution in [0.15, 0.2) is 28.7 Å². The number of hydrogen-bond donors (Lipinski definition) is 0. The van der Waals surface area contributed by atoms with Gasteiger partial charge in [-0.05, 0) is 41.7 Å². The van der Waals surface area contributed by atoms with E-state index in [-0.39, 0.29) is 11.4 Å². The molecular formula is C17H24Br2O2S. The SMILES string of the molecule is COC(=O)CSCC(C)(C)CCCC(Br)c1cccc(Br)c1. The molecule has 0 saturated heterocycles. The Morgan fingerprint density at radius 1 is 1.41 bits per heavy atom. The normalized spacial score (nSPS) is 13.0. The summed E-state index contributed by atoms with van der Waals surface area (Å²) in [6, 6.07) is 8.43. The molecule has 124 valence electrons. The first-order valence-corrected chi connectivity index (χ1v) is 10.2. The van der Waals surface area contributed by atoms with Crippen LogP contribution in [-0.4, -0.2) is 24.6 Å². The van der Waals surface area contributed by atoms with Gasteiger partial charge in [-0.2, -0.15) is 0 Å². The first-order valence-electron chi connectivity index (χ1n) is 7.38. The minimum Gasteiger partial charge on any atom is -0.468 e. The van der Waals surface area contributed by atoms with Gasteiger partial charge >= 0.3 is 5.97 Å². The van der Waals surface area contributed by atoms with Crippen LogP contribution in [0.3, 0.4) is 0 Å². The zero-order valence-electron chi connectivity index (χ0n) is 13.4. The van der Waals surface area contributed by atoms with Crippen LogP contribution in [0.4, 0.5) is 0 Å². The second-order valence-corrected chi connectivity index (χ2v) is 9.15. The molecular weight excluding hydrogens is 428 g/mol. The Bertz CT molecular complexity index is 477. The minimum atomic E-state index is -0.143. The van der Waals surface area contributed by atoms with Gasteiger partial charge in [0.15, 0.2) is 0 Å². The smallest absolute Gasteiger partial charge is 0.315 e. The average Bonchev–Trinajstić information content (AvgIpc) is 2.46. The summed E-state index contributed by atoms with van der Waals surface area (Å²) in [7, 11) is 1.44. The van der Waals surface area contributed by atoms with Crippen LogP contribution in [0, 0.1) is 5.41 Å². The highest BCUT2D eigenvalue weighted by atomic mass is 79.9. The van der Waals surface area contributed by atoms with Gasteiger partial charge in [0.05, 0.1) is 12.9 Å². The van der Waals surface area contributed by atoms with Crippen molar-refractivity contribution in [3.63, 3.8) is 0 Å². The van der Waals surface area contributed by atoms with Crippen LogP contribution in [0.2, 0.25) is 0 Å². The fourth-order valence-corrected chi connectivity index (χ4v) is 4.28. The number of esters is 1. The van der Waals surface area contributed by atoms with Crippen molar-refractivity contribution < 1.29 is 9.53 Å². The number of ether oxygens (including phenoxy) is 1. The molecule has 0 aliphatic carbocycles. The number of methoxy groups -OCH3 is 1. The van der Waals surface area contributed by atoms with Crippen molar-refractivity contribution in [2.75, 3.05) is 18.6 Å². The highest BCUT2D eigenvalue weighted by Crippen LogP contribution is 2.34. The third kappa shape index (κ3) is 8.02. The minimum absolute atomic E-state index is 0.143. The number of thioether (sulfide) groups is 1. The third-order valence-corrected chi connectivity index (χ3v) is 6.37. The van der Waals surface area contributed by atoms with E-state index in [4.69, 9.17) is 0 Å². The molecule has 1 aromatic carbocycles. The fourth-order valence-electron chi connectivity index (χ4n) is 2.17. The summed E-state index contributed by atoms with van der Waals surface area (Å²) in [6.07, 6.45) is 3.42. The van der Waals surface area contributed by atoms with Crippen molar-refractivity contribution >= 4 is 49.6 Å². The molecule has 0 fully saturated rings. The van der Waals surface area contributed by atoms with Crippen LogP contribution in [0.5, 0.6) is 0 Å². The largest absolute Gasteiger partial charge is 0.468 e. The molecule has 2 nitrogen and oxygen atoms in total. The van der Waals surface area contributed by atoms with Gasteiger partial charge in [0.1, 0.15) is 0 Å². The van der Waals surface area contributed by atoms with Crippen LogP contribution in [0.1, 0.15) is 43.5 Å². The molecule has 1 rings (SSSR count). The van der Waals surface area contributed by atoms with Crippen LogP contribution >= 0.6 is 43.6 Å². The molecule has 0 radical (unpaired) electrons. The van der Waals surface area contributed by atoms with Gasteiger partial charge in [-0.15, -0.1) is 11.8 Å². The number of rotatable bonds is 9. The molecule has 0 heterocycles. The van der Waals surface area contributed by atoms with E-state index in [0.717, 1.165) is 29.5 Å². The molecule has 0 N–H and O–H groups in total. The van der Waals surface area contributed by atoms with Crippen molar-refractivity contribution in [3.8, 4) is 0 Å². The van der Waals surface area contributed by atoms with Crippen molar-refractivity contribution in [3.05, 3.63) is 34.3 Å². The van der Waals surface area contributed by atoms with Crippen molar-refractivity contribution in [1.82, 2.24) is 0 Å². The van der Waals surface area contributed by atoms with Crippen LogP contribution < -0.4 is 0 Å². The lowest BCUT2D eigenvalue weighted by Crippen LogP contribution is -2.16. The maximum atomic E-state index is 11.1. The Labute approximate surface area is 155 Å². The summed E-state index contributed by atoms with van der Waals surface area (Å²) in [4.78, 5) is 11.5. The average molecular weight is 452 g/mol. The molecule has 0 saturated carbocycles. The summed E-state index contributed by atoms with van der Waals surface area (Å²) in [5, 5.41) is 0. The highest BCUT2D eigenvalue weighted by molar-refractivity contribution is 9.10. The first kappa shape index (κ1) is 20.0. The molecule has 5 heteroatoms. The van der Waals surface area contributed by atoms with Crippen molar-refractivity contribution in [2.45, 2.75) is 37.9 Å². The summed E-state index contributed by atoms with van der Waals surface area (Å²) in [6.45, 7) is 4.53. The number of benzene rings is 1. The monoisotopic (exact) mass is 450 g/mol. The molecule has 1 unspecified atom stereocenters. The van der Waals surface area contributed by atoms with E-state index in [1.165, 1.54) is 12.7 Å². The number of carbonyl (C=O) groups excluding carboxylic acids is 1. The predicted molar refractivity (Wildman–Crippen MR) is 103 cm³/mol. The molecule has 1 atom stereocenters. The zero-order chi connectivity index (χ0) is 16.6. The lowest BCUT2D eigenvalue weighted by molar-refractivity contribution is -0.137. The lowest BCUT2D eigenvalue weighted by atomic mass is 9.89. The molecule has 0 aromatic heterocycles. The molecule has 0 spiro atoms. The standard InChI is InChI=1S/C17H24Br2O2S/c1-17(2,12-22-11-16(20)21-3)9-5-8-15(19)13-6-4-7-14(18)10-13/h4,6-7,10,15H,5,8-9,11-12H2,1-3H3. The van der Waals surface area contributed by atoms with Crippen LogP contribution in [0.25, 0.3) is 0 Å². The molecule has 22 heavy (non-hydrogen) atoms. The number of alkyl halides is 1. The zero-order valence-corrected chi connectivity index (χ0v) is 17.4. The second kappa shape index (κ2) is 9.99. The van der Waals surface area contributed by atoms with Gasteiger partial charge in [-0.1, -0.05) is 64.3 Å². The summed E-state index contributed by atoms with van der Waals surface area (Å²) in [5.41, 5.74) is 1.55. The maximum absolute atomic E-state index is 11.1. The molecule has 0 amide bonds. The quantitative estimate of drug-likeness (QED) is 0.340. The Hall–Kier alpha value is -0.000000000000000111. The maximum Gasteiger partial charge on any atom is 0.315 e.